The number of nitrogens with one attached hydrogen (secondary N) is 2. The lowest BCUT2D eigenvalue weighted by atomic mass is 9.95. The maximum atomic E-state index is 11.9. The summed E-state index contributed by atoms with van der Waals surface area (Å²) in [6.07, 6.45) is 0. The first-order valence-electron chi connectivity index (χ1n) is 7.64. The first kappa shape index (κ1) is 18.2. The number of benzene rings is 1. The highest BCUT2D eigenvalue weighted by atomic mass is 16.2. The van der Waals surface area contributed by atoms with Crippen molar-refractivity contribution in [2.45, 2.75) is 54.6 Å². The minimum Gasteiger partial charge on any atom is -0.352 e. The van der Waals surface area contributed by atoms with Gasteiger partial charge in [-0.05, 0) is 11.1 Å². The Hall–Kier alpha value is -1.84. The van der Waals surface area contributed by atoms with Crippen LogP contribution in [-0.4, -0.2) is 11.8 Å². The molecule has 0 atom stereocenters. The van der Waals surface area contributed by atoms with Crippen LogP contribution in [0, 0.1) is 10.8 Å². The largest absolute Gasteiger partial charge is 0.352 e. The average molecular weight is 304 g/mol. The van der Waals surface area contributed by atoms with E-state index in [4.69, 9.17) is 0 Å². The zero-order valence-corrected chi connectivity index (χ0v) is 14.5. The number of amides is 2. The molecule has 4 heteroatoms. The van der Waals surface area contributed by atoms with Crippen LogP contribution in [0.3, 0.4) is 0 Å². The predicted octanol–water partition coefficient (Wildman–Crippen LogP) is 3.01. The molecule has 0 heterocycles. The second kappa shape index (κ2) is 6.95. The Balaban J connectivity index is 2.60. The van der Waals surface area contributed by atoms with Gasteiger partial charge in [-0.15, -0.1) is 0 Å². The third kappa shape index (κ3) is 5.88. The van der Waals surface area contributed by atoms with Crippen LogP contribution < -0.4 is 10.6 Å². The Labute approximate surface area is 133 Å². The normalized spacial score (nSPS) is 11.9. The summed E-state index contributed by atoms with van der Waals surface area (Å²) in [4.78, 5) is 23.8. The topological polar surface area (TPSA) is 58.2 Å². The molecule has 122 valence electrons. The third-order valence-electron chi connectivity index (χ3n) is 3.26. The molecule has 0 saturated carbocycles. The highest BCUT2D eigenvalue weighted by Gasteiger charge is 2.21. The van der Waals surface area contributed by atoms with E-state index in [1.807, 2.05) is 65.8 Å². The lowest BCUT2D eigenvalue weighted by Crippen LogP contribution is -2.34. The van der Waals surface area contributed by atoms with Crippen molar-refractivity contribution in [3.63, 3.8) is 0 Å². The van der Waals surface area contributed by atoms with Crippen LogP contribution in [0.2, 0.25) is 0 Å². The molecule has 0 bridgehead atoms. The molecular weight excluding hydrogens is 276 g/mol. The fraction of sp³-hybridized carbons (Fsp3) is 0.556. The first-order valence-corrected chi connectivity index (χ1v) is 7.64. The quantitative estimate of drug-likeness (QED) is 0.898. The number of rotatable bonds is 4. The average Bonchev–Trinajstić information content (AvgIpc) is 2.40. The third-order valence-corrected chi connectivity index (χ3v) is 3.26. The van der Waals surface area contributed by atoms with Gasteiger partial charge < -0.3 is 10.6 Å². The van der Waals surface area contributed by atoms with Crippen LogP contribution in [0.5, 0.6) is 0 Å². The molecule has 0 aliphatic rings. The molecule has 0 aliphatic carbocycles. The van der Waals surface area contributed by atoms with Crippen LogP contribution >= 0.6 is 0 Å². The summed E-state index contributed by atoms with van der Waals surface area (Å²) in [5.41, 5.74) is 1.27. The highest BCUT2D eigenvalue weighted by molar-refractivity contribution is 5.81. The van der Waals surface area contributed by atoms with Gasteiger partial charge in [0.15, 0.2) is 0 Å². The molecule has 1 aromatic rings. The fourth-order valence-electron chi connectivity index (χ4n) is 1.74. The van der Waals surface area contributed by atoms with Gasteiger partial charge in [0, 0.05) is 23.9 Å². The number of carbonyl (C=O) groups excluding carboxylic acids is 2. The molecule has 0 aromatic heterocycles. The molecule has 0 aliphatic heterocycles. The molecule has 0 spiro atoms. The van der Waals surface area contributed by atoms with Gasteiger partial charge in [-0.3, -0.25) is 9.59 Å². The van der Waals surface area contributed by atoms with Crippen molar-refractivity contribution in [1.29, 1.82) is 0 Å². The second-order valence-corrected chi connectivity index (χ2v) is 7.69. The number of hydrogen-bond acceptors (Lipinski definition) is 2. The van der Waals surface area contributed by atoms with Crippen LogP contribution in [0.25, 0.3) is 0 Å². The summed E-state index contributed by atoms with van der Waals surface area (Å²) in [7, 11) is 0. The summed E-state index contributed by atoms with van der Waals surface area (Å²) in [6.45, 7) is 12.3. The Morgan fingerprint density at radius 3 is 1.50 bits per heavy atom. The van der Waals surface area contributed by atoms with Gasteiger partial charge in [-0.2, -0.15) is 0 Å². The van der Waals surface area contributed by atoms with Crippen molar-refractivity contribution in [1.82, 2.24) is 10.6 Å². The SMILES string of the molecule is CC(C)(C)C(=O)NCc1cccc(CNC(=O)C(C)(C)C)c1. The van der Waals surface area contributed by atoms with Gasteiger partial charge in [0.1, 0.15) is 0 Å². The molecule has 0 fully saturated rings. The zero-order chi connectivity index (χ0) is 17.0. The van der Waals surface area contributed by atoms with E-state index in [2.05, 4.69) is 10.6 Å². The van der Waals surface area contributed by atoms with E-state index >= 15 is 0 Å². The molecule has 2 N–H and O–H groups in total. The highest BCUT2D eigenvalue weighted by Crippen LogP contribution is 2.14. The summed E-state index contributed by atoms with van der Waals surface area (Å²) in [6, 6.07) is 7.89. The minimum absolute atomic E-state index is 0.0268. The second-order valence-electron chi connectivity index (χ2n) is 7.69. The molecule has 1 rings (SSSR count). The van der Waals surface area contributed by atoms with E-state index in [9.17, 15) is 9.59 Å². The molecule has 2 amide bonds. The molecule has 0 radical (unpaired) electrons. The van der Waals surface area contributed by atoms with E-state index in [1.54, 1.807) is 0 Å². The Bertz CT molecular complexity index is 492. The van der Waals surface area contributed by atoms with Crippen LogP contribution in [0.1, 0.15) is 52.7 Å². The maximum absolute atomic E-state index is 11.9. The molecule has 4 nitrogen and oxygen atoms in total. The molecule has 0 unspecified atom stereocenters. The lowest BCUT2D eigenvalue weighted by Gasteiger charge is -2.18. The van der Waals surface area contributed by atoms with E-state index in [1.165, 1.54) is 0 Å². The smallest absolute Gasteiger partial charge is 0.225 e. The van der Waals surface area contributed by atoms with Crippen LogP contribution in [0.15, 0.2) is 24.3 Å². The summed E-state index contributed by atoms with van der Waals surface area (Å²) < 4.78 is 0. The van der Waals surface area contributed by atoms with Gasteiger partial charge in [0.25, 0.3) is 0 Å². The van der Waals surface area contributed by atoms with Crippen molar-refractivity contribution in [3.05, 3.63) is 35.4 Å². The molecule has 22 heavy (non-hydrogen) atoms. The molecule has 0 saturated heterocycles. The van der Waals surface area contributed by atoms with Crippen molar-refractivity contribution in [2.75, 3.05) is 0 Å². The Kier molecular flexibility index (Phi) is 5.75. The van der Waals surface area contributed by atoms with Crippen LogP contribution in [-0.2, 0) is 22.7 Å². The van der Waals surface area contributed by atoms with E-state index in [-0.39, 0.29) is 11.8 Å². The van der Waals surface area contributed by atoms with Crippen molar-refractivity contribution in [2.24, 2.45) is 10.8 Å². The van der Waals surface area contributed by atoms with Gasteiger partial charge in [0.05, 0.1) is 0 Å². The Morgan fingerprint density at radius 1 is 0.818 bits per heavy atom. The summed E-state index contributed by atoms with van der Waals surface area (Å²) in [5.74, 6) is 0.0536. The van der Waals surface area contributed by atoms with E-state index < -0.39 is 10.8 Å². The standard InChI is InChI=1S/C18H28N2O2/c1-17(2,3)15(21)19-11-13-8-7-9-14(10-13)12-20-16(22)18(4,5)6/h7-10H,11-12H2,1-6H3,(H,19,21)(H,20,22). The zero-order valence-electron chi connectivity index (χ0n) is 14.5. The van der Waals surface area contributed by atoms with Gasteiger partial charge in [0.2, 0.25) is 11.8 Å². The Morgan fingerprint density at radius 2 is 1.18 bits per heavy atom. The van der Waals surface area contributed by atoms with Crippen LogP contribution in [0.4, 0.5) is 0 Å². The van der Waals surface area contributed by atoms with E-state index in [0.29, 0.717) is 13.1 Å². The van der Waals surface area contributed by atoms with E-state index in [0.717, 1.165) is 11.1 Å². The monoisotopic (exact) mass is 304 g/mol. The maximum Gasteiger partial charge on any atom is 0.225 e. The molecular formula is C18H28N2O2. The predicted molar refractivity (Wildman–Crippen MR) is 89.0 cm³/mol. The van der Waals surface area contributed by atoms with Crippen molar-refractivity contribution >= 4 is 11.8 Å². The summed E-state index contributed by atoms with van der Waals surface area (Å²) in [5, 5.41) is 5.86. The van der Waals surface area contributed by atoms with Crippen molar-refractivity contribution in [3.8, 4) is 0 Å². The number of carbonyl (C=O) groups is 2. The van der Waals surface area contributed by atoms with Gasteiger partial charge in [-0.25, -0.2) is 0 Å². The first-order chi connectivity index (χ1) is 10.00. The number of hydrogen-bond donors (Lipinski definition) is 2. The summed E-state index contributed by atoms with van der Waals surface area (Å²) >= 11 is 0. The fourth-order valence-corrected chi connectivity index (χ4v) is 1.74. The van der Waals surface area contributed by atoms with Gasteiger partial charge >= 0.3 is 0 Å². The minimum atomic E-state index is -0.391. The van der Waals surface area contributed by atoms with Gasteiger partial charge in [-0.1, -0.05) is 65.8 Å². The van der Waals surface area contributed by atoms with Crippen molar-refractivity contribution < 1.29 is 9.59 Å². The molecule has 1 aromatic carbocycles. The lowest BCUT2D eigenvalue weighted by molar-refractivity contribution is -0.129.